The fraction of sp³-hybridized carbons (Fsp3) is 0.200. The number of aliphatic carboxylic acids is 1. The molecule has 8 heteroatoms. The first kappa shape index (κ1) is 13.7. The first-order chi connectivity index (χ1) is 8.54. The maximum absolute atomic E-state index is 10.7. The molecule has 0 atom stereocenters. The van der Waals surface area contributed by atoms with Crippen LogP contribution >= 0.6 is 45.7 Å². The second kappa shape index (κ2) is 5.93. The number of aromatic nitrogens is 3. The minimum Gasteiger partial charge on any atom is -0.481 e. The number of halogens is 1. The molecule has 0 amide bonds. The van der Waals surface area contributed by atoms with Crippen LogP contribution in [0.4, 0.5) is 0 Å². The molecular formula is C10H8IN3O2S2. The van der Waals surface area contributed by atoms with Crippen molar-refractivity contribution in [2.45, 2.75) is 22.8 Å². The molecule has 0 radical (unpaired) electrons. The van der Waals surface area contributed by atoms with E-state index >= 15 is 0 Å². The molecule has 0 bridgehead atoms. The van der Waals surface area contributed by atoms with Crippen molar-refractivity contribution in [3.8, 4) is 0 Å². The fourth-order valence-electron chi connectivity index (χ4n) is 1.18. The number of hydrogen-bond donors (Lipinski definition) is 1. The second-order valence-electron chi connectivity index (χ2n) is 3.34. The Labute approximate surface area is 125 Å². The van der Waals surface area contributed by atoms with Crippen molar-refractivity contribution in [3.05, 3.63) is 26.5 Å². The molecule has 18 heavy (non-hydrogen) atoms. The normalized spacial score (nSPS) is 10.6. The van der Waals surface area contributed by atoms with Crippen LogP contribution in [0.5, 0.6) is 0 Å². The van der Waals surface area contributed by atoms with Gasteiger partial charge in [-0.3, -0.25) is 4.79 Å². The Balaban J connectivity index is 2.14. The van der Waals surface area contributed by atoms with Crippen molar-refractivity contribution in [1.82, 2.24) is 15.0 Å². The van der Waals surface area contributed by atoms with Gasteiger partial charge < -0.3 is 5.11 Å². The van der Waals surface area contributed by atoms with Gasteiger partial charge in [-0.15, -0.1) is 11.3 Å². The number of carboxylic acids is 1. The Bertz CT molecular complexity index is 571. The maximum atomic E-state index is 10.7. The SMILES string of the molecule is Cc1nc(Sc2ncc(I)cn2)sc1CC(=O)O. The van der Waals surface area contributed by atoms with E-state index in [4.69, 9.17) is 5.11 Å². The number of rotatable bonds is 4. The molecule has 0 saturated heterocycles. The monoisotopic (exact) mass is 393 g/mol. The zero-order chi connectivity index (χ0) is 13.1. The minimum atomic E-state index is -0.844. The standard InChI is InChI=1S/C10H8IN3O2S2/c1-5-7(2-8(15)16)17-10(14-5)18-9-12-3-6(11)4-13-9/h3-4H,2H2,1H3,(H,15,16). The van der Waals surface area contributed by atoms with Crippen molar-refractivity contribution in [3.63, 3.8) is 0 Å². The summed E-state index contributed by atoms with van der Waals surface area (Å²) in [5.41, 5.74) is 0.760. The highest BCUT2D eigenvalue weighted by molar-refractivity contribution is 14.1. The predicted molar refractivity (Wildman–Crippen MR) is 77.1 cm³/mol. The van der Waals surface area contributed by atoms with Crippen molar-refractivity contribution in [1.29, 1.82) is 0 Å². The van der Waals surface area contributed by atoms with E-state index in [-0.39, 0.29) is 6.42 Å². The Morgan fingerprint density at radius 2 is 2.17 bits per heavy atom. The van der Waals surface area contributed by atoms with Gasteiger partial charge >= 0.3 is 5.97 Å². The molecule has 2 rings (SSSR count). The molecule has 0 aliphatic rings. The quantitative estimate of drug-likeness (QED) is 0.636. The molecule has 0 spiro atoms. The summed E-state index contributed by atoms with van der Waals surface area (Å²) >= 11 is 4.86. The molecule has 0 fully saturated rings. The van der Waals surface area contributed by atoms with Gasteiger partial charge in [-0.2, -0.15) is 0 Å². The third-order valence-electron chi connectivity index (χ3n) is 1.96. The van der Waals surface area contributed by atoms with Gasteiger partial charge in [0.1, 0.15) is 0 Å². The second-order valence-corrected chi connectivity index (χ2v) is 6.89. The van der Waals surface area contributed by atoms with E-state index in [2.05, 4.69) is 37.5 Å². The highest BCUT2D eigenvalue weighted by atomic mass is 127. The van der Waals surface area contributed by atoms with Crippen molar-refractivity contribution in [2.24, 2.45) is 0 Å². The Morgan fingerprint density at radius 3 is 2.78 bits per heavy atom. The van der Waals surface area contributed by atoms with Gasteiger partial charge in [0.25, 0.3) is 0 Å². The molecule has 0 aliphatic carbocycles. The van der Waals surface area contributed by atoms with Gasteiger partial charge in [0.05, 0.1) is 12.1 Å². The molecule has 1 N–H and O–H groups in total. The summed E-state index contributed by atoms with van der Waals surface area (Å²) in [5, 5.41) is 9.38. The molecule has 2 aromatic heterocycles. The molecule has 94 valence electrons. The lowest BCUT2D eigenvalue weighted by Crippen LogP contribution is -1.99. The van der Waals surface area contributed by atoms with Gasteiger partial charge in [-0.05, 0) is 41.3 Å². The third kappa shape index (κ3) is 3.62. The van der Waals surface area contributed by atoms with Crippen LogP contribution in [0.15, 0.2) is 21.9 Å². The highest BCUT2D eigenvalue weighted by Gasteiger charge is 2.12. The average molecular weight is 393 g/mol. The zero-order valence-electron chi connectivity index (χ0n) is 9.25. The molecule has 0 aliphatic heterocycles. The van der Waals surface area contributed by atoms with Crippen molar-refractivity contribution < 1.29 is 9.90 Å². The topological polar surface area (TPSA) is 76.0 Å². The number of thiazole rings is 1. The van der Waals surface area contributed by atoms with Gasteiger partial charge in [0.2, 0.25) is 0 Å². The molecule has 2 aromatic rings. The van der Waals surface area contributed by atoms with Crippen LogP contribution in [0, 0.1) is 10.5 Å². The van der Waals surface area contributed by atoms with Crippen LogP contribution in [0.25, 0.3) is 0 Å². The lowest BCUT2D eigenvalue weighted by Gasteiger charge is -1.94. The lowest BCUT2D eigenvalue weighted by molar-refractivity contribution is -0.136. The van der Waals surface area contributed by atoms with E-state index in [0.29, 0.717) is 5.16 Å². The van der Waals surface area contributed by atoms with Gasteiger partial charge in [0, 0.05) is 20.8 Å². The number of nitrogens with zero attached hydrogens (tertiary/aromatic N) is 3. The van der Waals surface area contributed by atoms with Crippen LogP contribution in [0.1, 0.15) is 10.6 Å². The molecule has 2 heterocycles. The lowest BCUT2D eigenvalue weighted by atomic mass is 10.3. The minimum absolute atomic E-state index is 0.0115. The van der Waals surface area contributed by atoms with Crippen LogP contribution in [0.3, 0.4) is 0 Å². The molecule has 0 aromatic carbocycles. The van der Waals surface area contributed by atoms with Crippen molar-refractivity contribution >= 4 is 51.7 Å². The van der Waals surface area contributed by atoms with E-state index < -0.39 is 5.97 Å². The fourth-order valence-corrected chi connectivity index (χ4v) is 3.48. The Hall–Kier alpha value is -0.740. The summed E-state index contributed by atoms with van der Waals surface area (Å²) in [5.74, 6) is -0.844. The Morgan fingerprint density at radius 1 is 1.50 bits per heavy atom. The van der Waals surface area contributed by atoms with Gasteiger partial charge in [-0.1, -0.05) is 0 Å². The van der Waals surface area contributed by atoms with Crippen LogP contribution < -0.4 is 0 Å². The number of carbonyl (C=O) groups is 1. The van der Waals surface area contributed by atoms with Gasteiger partial charge in [-0.25, -0.2) is 15.0 Å². The predicted octanol–water partition coefficient (Wildman–Crippen LogP) is 2.62. The number of aryl methyl sites for hydroxylation is 1. The molecule has 0 saturated carbocycles. The zero-order valence-corrected chi connectivity index (χ0v) is 13.0. The highest BCUT2D eigenvalue weighted by Crippen LogP contribution is 2.31. The first-order valence-corrected chi connectivity index (χ1v) is 7.59. The van der Waals surface area contributed by atoms with E-state index in [1.165, 1.54) is 23.1 Å². The van der Waals surface area contributed by atoms with Gasteiger partial charge in [0.15, 0.2) is 9.50 Å². The summed E-state index contributed by atoms with van der Waals surface area (Å²) in [6.07, 6.45) is 3.47. The Kier molecular flexibility index (Phi) is 4.51. The van der Waals surface area contributed by atoms with Crippen molar-refractivity contribution in [2.75, 3.05) is 0 Å². The summed E-state index contributed by atoms with van der Waals surface area (Å²) in [7, 11) is 0. The van der Waals surface area contributed by atoms with E-state index in [1.807, 2.05) is 6.92 Å². The van der Waals surface area contributed by atoms with Crippen LogP contribution in [0.2, 0.25) is 0 Å². The molecule has 5 nitrogen and oxygen atoms in total. The first-order valence-electron chi connectivity index (χ1n) is 4.88. The summed E-state index contributed by atoms with van der Waals surface area (Å²) in [6, 6.07) is 0. The third-order valence-corrected chi connectivity index (χ3v) is 4.63. The van der Waals surface area contributed by atoms with Crippen LogP contribution in [-0.2, 0) is 11.2 Å². The number of hydrogen-bond acceptors (Lipinski definition) is 6. The summed E-state index contributed by atoms with van der Waals surface area (Å²) in [6.45, 7) is 1.81. The van der Waals surface area contributed by atoms with E-state index in [1.54, 1.807) is 12.4 Å². The van der Waals surface area contributed by atoms with E-state index in [0.717, 1.165) is 18.5 Å². The number of carboxylic acid groups (broad SMARTS) is 1. The molecular weight excluding hydrogens is 385 g/mol. The average Bonchev–Trinajstić information content (AvgIpc) is 2.62. The van der Waals surface area contributed by atoms with E-state index in [9.17, 15) is 4.79 Å². The summed E-state index contributed by atoms with van der Waals surface area (Å²) < 4.78 is 1.74. The van der Waals surface area contributed by atoms with Crippen LogP contribution in [-0.4, -0.2) is 26.0 Å². The molecule has 0 unspecified atom stereocenters. The maximum Gasteiger partial charge on any atom is 0.308 e. The summed E-state index contributed by atoms with van der Waals surface area (Å²) in [4.78, 5) is 24.1. The largest absolute Gasteiger partial charge is 0.481 e. The smallest absolute Gasteiger partial charge is 0.308 e.